The van der Waals surface area contributed by atoms with Gasteiger partial charge in [-0.25, -0.2) is 4.98 Å². The van der Waals surface area contributed by atoms with Gasteiger partial charge < -0.3 is 14.6 Å². The van der Waals surface area contributed by atoms with Crippen LogP contribution in [0.1, 0.15) is 24.2 Å². The van der Waals surface area contributed by atoms with E-state index in [4.69, 9.17) is 5.11 Å². The van der Waals surface area contributed by atoms with Crippen molar-refractivity contribution in [2.45, 2.75) is 38.9 Å². The first kappa shape index (κ1) is 17.3. The molecule has 0 fully saturated rings. The van der Waals surface area contributed by atoms with Crippen LogP contribution in [0.15, 0.2) is 36.7 Å². The Kier molecular flexibility index (Phi) is 4.62. The molecule has 4 rings (SSSR count). The number of aromatic nitrogens is 4. The molecule has 8 heteroatoms. The molecule has 1 N–H and O–H groups in total. The number of hydrogen-bond donors (Lipinski definition) is 1. The quantitative estimate of drug-likeness (QED) is 0.715. The number of rotatable bonds is 6. The molecule has 0 bridgehead atoms. The number of para-hydroxylation sites is 2. The van der Waals surface area contributed by atoms with Gasteiger partial charge in [0.25, 0.3) is 0 Å². The zero-order chi connectivity index (χ0) is 18.8. The number of benzene rings is 1. The summed E-state index contributed by atoms with van der Waals surface area (Å²) < 4.78 is 3.88. The summed E-state index contributed by atoms with van der Waals surface area (Å²) in [4.78, 5) is 29.6. The molecule has 1 aliphatic rings. The molecule has 1 aliphatic heterocycles. The zero-order valence-electron chi connectivity index (χ0n) is 14.9. The number of amides is 1. The second-order valence-electron chi connectivity index (χ2n) is 6.74. The van der Waals surface area contributed by atoms with Crippen molar-refractivity contribution in [3.05, 3.63) is 48.0 Å². The second kappa shape index (κ2) is 7.22. The highest BCUT2D eigenvalue weighted by Crippen LogP contribution is 2.17. The topological polar surface area (TPSA) is 93.3 Å². The summed E-state index contributed by atoms with van der Waals surface area (Å²) in [6, 6.07) is 9.79. The molecule has 0 saturated heterocycles. The minimum Gasteiger partial charge on any atom is -0.481 e. The van der Waals surface area contributed by atoms with Crippen molar-refractivity contribution in [1.82, 2.24) is 24.2 Å². The number of carbonyl (C=O) groups excluding carboxylic acids is 1. The third-order valence-corrected chi connectivity index (χ3v) is 4.89. The number of carboxylic acid groups (broad SMARTS) is 1. The Morgan fingerprint density at radius 3 is 2.85 bits per heavy atom. The third-order valence-electron chi connectivity index (χ3n) is 4.89. The standard InChI is InChI=1S/C19H21N5O3/c25-18(7-8-23-13-20-16-3-1-2-4-17(16)23)22-9-10-24-15(12-22)11-14(21-24)5-6-19(26)27/h1-4,11,13H,5-10,12H2,(H,26,27). The zero-order valence-corrected chi connectivity index (χ0v) is 14.9. The fourth-order valence-electron chi connectivity index (χ4n) is 3.46. The van der Waals surface area contributed by atoms with E-state index in [0.717, 1.165) is 22.4 Å². The molecule has 140 valence electrons. The van der Waals surface area contributed by atoms with E-state index in [2.05, 4.69) is 10.1 Å². The normalized spacial score (nSPS) is 13.7. The van der Waals surface area contributed by atoms with Crippen molar-refractivity contribution < 1.29 is 14.7 Å². The molecular weight excluding hydrogens is 346 g/mol. The maximum atomic E-state index is 12.6. The molecule has 1 amide bonds. The van der Waals surface area contributed by atoms with Crippen LogP contribution in [0.25, 0.3) is 11.0 Å². The molecule has 0 atom stereocenters. The molecule has 0 radical (unpaired) electrons. The van der Waals surface area contributed by atoms with Gasteiger partial charge in [0.2, 0.25) is 5.91 Å². The number of imidazole rings is 1. The number of aryl methyl sites for hydroxylation is 2. The molecule has 27 heavy (non-hydrogen) atoms. The summed E-state index contributed by atoms with van der Waals surface area (Å²) in [5, 5.41) is 13.2. The predicted octanol–water partition coefficient (Wildman–Crippen LogP) is 1.68. The van der Waals surface area contributed by atoms with Crippen LogP contribution in [-0.4, -0.2) is 47.8 Å². The van der Waals surface area contributed by atoms with Crippen LogP contribution in [0.5, 0.6) is 0 Å². The Hall–Kier alpha value is -3.16. The third kappa shape index (κ3) is 3.69. The molecule has 3 heterocycles. The van der Waals surface area contributed by atoms with Gasteiger partial charge in [-0.3, -0.25) is 14.3 Å². The van der Waals surface area contributed by atoms with Crippen molar-refractivity contribution >= 4 is 22.9 Å². The van der Waals surface area contributed by atoms with Crippen molar-refractivity contribution in [3.8, 4) is 0 Å². The fourth-order valence-corrected chi connectivity index (χ4v) is 3.46. The summed E-state index contributed by atoms with van der Waals surface area (Å²) in [5.41, 5.74) is 3.69. The van der Waals surface area contributed by atoms with Crippen LogP contribution in [0, 0.1) is 0 Å². The highest BCUT2D eigenvalue weighted by Gasteiger charge is 2.22. The van der Waals surface area contributed by atoms with Crippen LogP contribution in [0.3, 0.4) is 0 Å². The van der Waals surface area contributed by atoms with Crippen LogP contribution in [0.2, 0.25) is 0 Å². The lowest BCUT2D eigenvalue weighted by atomic mass is 10.2. The SMILES string of the molecule is O=C(O)CCc1cc2n(n1)CCN(C(=O)CCn1cnc3ccccc31)C2. The molecule has 0 saturated carbocycles. The minimum atomic E-state index is -0.829. The summed E-state index contributed by atoms with van der Waals surface area (Å²) in [6.07, 6.45) is 2.67. The van der Waals surface area contributed by atoms with E-state index >= 15 is 0 Å². The Bertz CT molecular complexity index is 990. The molecule has 2 aromatic heterocycles. The lowest BCUT2D eigenvalue weighted by Gasteiger charge is -2.27. The van der Waals surface area contributed by atoms with Crippen molar-refractivity contribution in [1.29, 1.82) is 0 Å². The van der Waals surface area contributed by atoms with Gasteiger partial charge >= 0.3 is 5.97 Å². The predicted molar refractivity (Wildman–Crippen MR) is 98.0 cm³/mol. The number of aliphatic carboxylic acids is 1. The Morgan fingerprint density at radius 2 is 2.00 bits per heavy atom. The highest BCUT2D eigenvalue weighted by molar-refractivity contribution is 5.77. The lowest BCUT2D eigenvalue weighted by molar-refractivity contribution is -0.137. The van der Waals surface area contributed by atoms with Gasteiger partial charge in [-0.1, -0.05) is 12.1 Å². The summed E-state index contributed by atoms with van der Waals surface area (Å²) in [6.45, 7) is 2.38. The van der Waals surface area contributed by atoms with Crippen LogP contribution in [-0.2, 0) is 35.6 Å². The average molecular weight is 367 g/mol. The first-order valence-electron chi connectivity index (χ1n) is 9.05. The van der Waals surface area contributed by atoms with E-state index in [1.54, 1.807) is 6.33 Å². The molecule has 8 nitrogen and oxygen atoms in total. The average Bonchev–Trinajstić information content (AvgIpc) is 3.27. The maximum Gasteiger partial charge on any atom is 0.303 e. The van der Waals surface area contributed by atoms with E-state index in [1.807, 2.05) is 44.5 Å². The number of fused-ring (bicyclic) bond motifs is 2. The van der Waals surface area contributed by atoms with Crippen LogP contribution >= 0.6 is 0 Å². The number of carboxylic acids is 1. The van der Waals surface area contributed by atoms with E-state index in [0.29, 0.717) is 39.0 Å². The van der Waals surface area contributed by atoms with Gasteiger partial charge in [-0.05, 0) is 18.2 Å². The van der Waals surface area contributed by atoms with Crippen molar-refractivity contribution in [2.75, 3.05) is 6.54 Å². The number of hydrogen-bond acceptors (Lipinski definition) is 4. The van der Waals surface area contributed by atoms with Crippen molar-refractivity contribution in [3.63, 3.8) is 0 Å². The number of nitrogens with zero attached hydrogens (tertiary/aromatic N) is 5. The summed E-state index contributed by atoms with van der Waals surface area (Å²) >= 11 is 0. The van der Waals surface area contributed by atoms with Crippen LogP contribution < -0.4 is 0 Å². The molecular formula is C19H21N5O3. The molecule has 1 aromatic carbocycles. The second-order valence-corrected chi connectivity index (χ2v) is 6.74. The molecule has 0 unspecified atom stereocenters. The summed E-state index contributed by atoms with van der Waals surface area (Å²) in [5.74, 6) is -0.725. The molecule has 0 spiro atoms. The molecule has 3 aromatic rings. The summed E-state index contributed by atoms with van der Waals surface area (Å²) in [7, 11) is 0. The van der Waals surface area contributed by atoms with Crippen LogP contribution in [0.4, 0.5) is 0 Å². The van der Waals surface area contributed by atoms with Gasteiger partial charge in [0.05, 0.1) is 48.3 Å². The largest absolute Gasteiger partial charge is 0.481 e. The van der Waals surface area contributed by atoms with E-state index in [-0.39, 0.29) is 12.3 Å². The monoisotopic (exact) mass is 367 g/mol. The van der Waals surface area contributed by atoms with Gasteiger partial charge in [-0.15, -0.1) is 0 Å². The van der Waals surface area contributed by atoms with Gasteiger partial charge in [0.15, 0.2) is 0 Å². The van der Waals surface area contributed by atoms with E-state index < -0.39 is 5.97 Å². The van der Waals surface area contributed by atoms with E-state index in [9.17, 15) is 9.59 Å². The van der Waals surface area contributed by atoms with Gasteiger partial charge in [0, 0.05) is 25.9 Å². The first-order chi connectivity index (χ1) is 13.1. The molecule has 0 aliphatic carbocycles. The van der Waals surface area contributed by atoms with Gasteiger partial charge in [0.1, 0.15) is 0 Å². The van der Waals surface area contributed by atoms with Gasteiger partial charge in [-0.2, -0.15) is 5.10 Å². The highest BCUT2D eigenvalue weighted by atomic mass is 16.4. The van der Waals surface area contributed by atoms with E-state index in [1.165, 1.54) is 0 Å². The smallest absolute Gasteiger partial charge is 0.303 e. The minimum absolute atomic E-state index is 0.0674. The first-order valence-corrected chi connectivity index (χ1v) is 9.05. The maximum absolute atomic E-state index is 12.6. The Morgan fingerprint density at radius 1 is 1.15 bits per heavy atom. The lowest BCUT2D eigenvalue weighted by Crippen LogP contribution is -2.38. The fraction of sp³-hybridized carbons (Fsp3) is 0.368. The van der Waals surface area contributed by atoms with Crippen molar-refractivity contribution in [2.24, 2.45) is 0 Å². The number of carbonyl (C=O) groups is 2. The Balaban J connectivity index is 1.37. The Labute approximate surface area is 156 Å².